The molecule has 0 radical (unpaired) electrons. The van der Waals surface area contributed by atoms with Gasteiger partial charge in [0.2, 0.25) is 5.91 Å². The highest BCUT2D eigenvalue weighted by Gasteiger charge is 2.33. The van der Waals surface area contributed by atoms with E-state index in [-0.39, 0.29) is 23.3 Å². The zero-order chi connectivity index (χ0) is 24.8. The Morgan fingerprint density at radius 3 is 2.37 bits per heavy atom. The third-order valence-corrected chi connectivity index (χ3v) is 6.33. The molecule has 3 aromatic rings. The molecule has 0 aromatic heterocycles. The normalized spacial score (nSPS) is 14.1. The predicted molar refractivity (Wildman–Crippen MR) is 141 cm³/mol. The number of rotatable bonds is 7. The van der Waals surface area contributed by atoms with Crippen LogP contribution in [-0.2, 0) is 9.59 Å². The quantitative estimate of drug-likeness (QED) is 0.446. The van der Waals surface area contributed by atoms with E-state index in [0.29, 0.717) is 16.6 Å². The first kappa shape index (κ1) is 24.1. The number of amidine groups is 1. The fourth-order valence-corrected chi connectivity index (χ4v) is 4.37. The van der Waals surface area contributed by atoms with Crippen molar-refractivity contribution < 1.29 is 19.1 Å². The van der Waals surface area contributed by atoms with Gasteiger partial charge in [0.05, 0.1) is 25.7 Å². The van der Waals surface area contributed by atoms with Gasteiger partial charge in [-0.3, -0.25) is 14.5 Å². The van der Waals surface area contributed by atoms with Crippen LogP contribution in [0.5, 0.6) is 11.5 Å². The van der Waals surface area contributed by atoms with E-state index in [1.165, 1.54) is 16.7 Å². The van der Waals surface area contributed by atoms with E-state index >= 15 is 0 Å². The maximum absolute atomic E-state index is 13.4. The Kier molecular flexibility index (Phi) is 7.52. The average molecular weight is 488 g/mol. The lowest BCUT2D eigenvalue weighted by Crippen LogP contribution is -2.33. The summed E-state index contributed by atoms with van der Waals surface area (Å²) in [5.41, 5.74) is 2.51. The van der Waals surface area contributed by atoms with Gasteiger partial charge in [-0.1, -0.05) is 48.2 Å². The zero-order valence-electron chi connectivity index (χ0n) is 19.7. The summed E-state index contributed by atoms with van der Waals surface area (Å²) >= 11 is 1.22. The van der Waals surface area contributed by atoms with E-state index in [1.54, 1.807) is 44.4 Å². The maximum Gasteiger partial charge on any atom is 0.283 e. The number of carbonyl (C=O) groups is 2. The third-order valence-electron chi connectivity index (χ3n) is 5.40. The van der Waals surface area contributed by atoms with Gasteiger partial charge in [0.15, 0.2) is 5.17 Å². The van der Waals surface area contributed by atoms with Gasteiger partial charge >= 0.3 is 0 Å². The fraction of sp³-hybridized carbons (Fsp3) is 0.148. The van der Waals surface area contributed by atoms with Crippen LogP contribution in [0.2, 0.25) is 0 Å². The van der Waals surface area contributed by atoms with E-state index in [2.05, 4.69) is 4.99 Å². The molecule has 0 unspecified atom stereocenters. The molecular formula is C27H25N3O4S. The van der Waals surface area contributed by atoms with E-state index in [1.807, 2.05) is 66.7 Å². The number of ether oxygens (including phenoxy) is 2. The Bertz CT molecular complexity index is 1270. The number of thioether (sulfide) groups is 1. The van der Waals surface area contributed by atoms with E-state index in [4.69, 9.17) is 9.47 Å². The van der Waals surface area contributed by atoms with Crippen molar-refractivity contribution in [3.05, 3.63) is 90.1 Å². The maximum atomic E-state index is 13.4. The Morgan fingerprint density at radius 2 is 1.69 bits per heavy atom. The third kappa shape index (κ3) is 5.55. The first-order chi connectivity index (χ1) is 17.0. The van der Waals surface area contributed by atoms with Gasteiger partial charge in [-0.2, -0.15) is 0 Å². The van der Waals surface area contributed by atoms with E-state index in [9.17, 15) is 9.59 Å². The number of hydrogen-bond donors (Lipinski definition) is 0. The van der Waals surface area contributed by atoms with Crippen LogP contribution in [0.3, 0.4) is 0 Å². The summed E-state index contributed by atoms with van der Waals surface area (Å²) in [7, 11) is 4.90. The minimum atomic E-state index is -0.277. The lowest BCUT2D eigenvalue weighted by atomic mass is 10.2. The van der Waals surface area contributed by atoms with Crippen LogP contribution in [0.25, 0.3) is 6.08 Å². The van der Waals surface area contributed by atoms with Gasteiger partial charge in [-0.05, 0) is 48.0 Å². The Labute approximate surface area is 208 Å². The first-order valence-electron chi connectivity index (χ1n) is 10.9. The second-order valence-electron chi connectivity index (χ2n) is 7.62. The summed E-state index contributed by atoms with van der Waals surface area (Å²) in [4.78, 5) is 34.0. The Balaban J connectivity index is 1.61. The summed E-state index contributed by atoms with van der Waals surface area (Å²) in [6.45, 7) is 0. The SMILES string of the molecule is COc1ccc(C=C2N=C(SCC(=O)N(C)c3ccccc3)N(c3cccc(OC)c3)C2=O)cc1. The van der Waals surface area contributed by atoms with Crippen molar-refractivity contribution in [3.8, 4) is 11.5 Å². The first-order valence-corrected chi connectivity index (χ1v) is 11.9. The molecule has 0 aliphatic carbocycles. The molecule has 0 saturated heterocycles. The zero-order valence-corrected chi connectivity index (χ0v) is 20.5. The van der Waals surface area contributed by atoms with Crippen LogP contribution in [0.4, 0.5) is 11.4 Å². The summed E-state index contributed by atoms with van der Waals surface area (Å²) in [5, 5.41) is 0.429. The lowest BCUT2D eigenvalue weighted by molar-refractivity contribution is -0.116. The van der Waals surface area contributed by atoms with Crippen molar-refractivity contribution in [3.63, 3.8) is 0 Å². The number of hydrogen-bond acceptors (Lipinski definition) is 6. The molecule has 0 fully saturated rings. The van der Waals surface area contributed by atoms with Crippen LogP contribution >= 0.6 is 11.8 Å². The molecule has 0 bridgehead atoms. The molecule has 1 heterocycles. The number of anilines is 2. The van der Waals surface area contributed by atoms with Gasteiger partial charge < -0.3 is 14.4 Å². The largest absolute Gasteiger partial charge is 0.497 e. The number of amides is 2. The van der Waals surface area contributed by atoms with Gasteiger partial charge in [0.25, 0.3) is 5.91 Å². The molecule has 1 aliphatic heterocycles. The van der Waals surface area contributed by atoms with Crippen molar-refractivity contribution >= 4 is 46.2 Å². The fourth-order valence-electron chi connectivity index (χ4n) is 3.45. The molecule has 35 heavy (non-hydrogen) atoms. The molecule has 8 heteroatoms. The second-order valence-corrected chi connectivity index (χ2v) is 8.56. The lowest BCUT2D eigenvalue weighted by Gasteiger charge is -2.20. The monoisotopic (exact) mass is 487 g/mol. The molecule has 2 amide bonds. The van der Waals surface area contributed by atoms with Crippen LogP contribution in [0.15, 0.2) is 89.6 Å². The van der Waals surface area contributed by atoms with Gasteiger partial charge in [0, 0.05) is 18.8 Å². The number of para-hydroxylation sites is 1. The molecular weight excluding hydrogens is 462 g/mol. The number of carbonyl (C=O) groups excluding carboxylic acids is 2. The van der Waals surface area contributed by atoms with Crippen molar-refractivity contribution in [2.45, 2.75) is 0 Å². The number of benzene rings is 3. The van der Waals surface area contributed by atoms with Gasteiger partial charge in [0.1, 0.15) is 17.2 Å². The molecule has 7 nitrogen and oxygen atoms in total. The van der Waals surface area contributed by atoms with Crippen molar-refractivity contribution in [2.24, 2.45) is 4.99 Å². The molecule has 0 saturated carbocycles. The highest BCUT2D eigenvalue weighted by atomic mass is 32.2. The standard InChI is InChI=1S/C27H25N3O4S/c1-29(20-8-5-4-6-9-20)25(31)18-35-27-28-24(16-19-12-14-22(33-2)15-13-19)26(32)30(27)21-10-7-11-23(17-21)34-3/h4-17H,18H2,1-3H3. The van der Waals surface area contributed by atoms with Crippen LogP contribution in [0, 0.1) is 0 Å². The van der Waals surface area contributed by atoms with Crippen LogP contribution in [0.1, 0.15) is 5.56 Å². The van der Waals surface area contributed by atoms with E-state index < -0.39 is 0 Å². The number of nitrogens with zero attached hydrogens (tertiary/aromatic N) is 3. The van der Waals surface area contributed by atoms with Crippen molar-refractivity contribution in [1.29, 1.82) is 0 Å². The highest BCUT2D eigenvalue weighted by Crippen LogP contribution is 2.31. The number of methoxy groups -OCH3 is 2. The molecule has 0 N–H and O–H groups in total. The minimum absolute atomic E-state index is 0.102. The van der Waals surface area contributed by atoms with Crippen molar-refractivity contribution in [2.75, 3.05) is 36.8 Å². The summed E-state index contributed by atoms with van der Waals surface area (Å²) < 4.78 is 10.5. The van der Waals surface area contributed by atoms with Crippen molar-refractivity contribution in [1.82, 2.24) is 0 Å². The minimum Gasteiger partial charge on any atom is -0.497 e. The molecule has 178 valence electrons. The number of aliphatic imine (C=N–C) groups is 1. The van der Waals surface area contributed by atoms with E-state index in [0.717, 1.165) is 17.0 Å². The molecule has 3 aromatic carbocycles. The molecule has 0 spiro atoms. The second kappa shape index (κ2) is 10.9. The molecule has 4 rings (SSSR count). The Hall–Kier alpha value is -4.04. The van der Waals surface area contributed by atoms with Crippen LogP contribution < -0.4 is 19.3 Å². The Morgan fingerprint density at radius 1 is 0.971 bits per heavy atom. The smallest absolute Gasteiger partial charge is 0.283 e. The topological polar surface area (TPSA) is 71.4 Å². The summed E-state index contributed by atoms with van der Waals surface area (Å²) in [6, 6.07) is 24.0. The van der Waals surface area contributed by atoms with Gasteiger partial charge in [-0.15, -0.1) is 0 Å². The summed E-state index contributed by atoms with van der Waals surface area (Å²) in [6.07, 6.45) is 1.72. The van der Waals surface area contributed by atoms with Gasteiger partial charge in [-0.25, -0.2) is 4.99 Å². The highest BCUT2D eigenvalue weighted by molar-refractivity contribution is 8.14. The predicted octanol–water partition coefficient (Wildman–Crippen LogP) is 4.84. The average Bonchev–Trinajstić information content (AvgIpc) is 3.22. The summed E-state index contributed by atoms with van der Waals surface area (Å²) in [5.74, 6) is 1.08. The molecule has 1 aliphatic rings. The van der Waals surface area contributed by atoms with Crippen LogP contribution in [-0.4, -0.2) is 44.0 Å². The molecule has 0 atom stereocenters.